The second-order valence-corrected chi connectivity index (χ2v) is 6.40. The Bertz CT molecular complexity index is 634. The number of pyridine rings is 2. The van der Waals surface area contributed by atoms with Crippen molar-refractivity contribution in [2.24, 2.45) is 0 Å². The van der Waals surface area contributed by atoms with E-state index in [1.165, 1.54) is 0 Å². The molecule has 0 aliphatic carbocycles. The van der Waals surface area contributed by atoms with Gasteiger partial charge >= 0.3 is 7.60 Å². The van der Waals surface area contributed by atoms with Crippen LogP contribution in [0.3, 0.4) is 0 Å². The van der Waals surface area contributed by atoms with Crippen molar-refractivity contribution in [1.29, 1.82) is 0 Å². The first-order valence-corrected chi connectivity index (χ1v) is 8.43. The predicted octanol–water partition coefficient (Wildman–Crippen LogP) is 3.34. The molecular formula is C15H19N2O3P. The molecule has 0 saturated carbocycles. The summed E-state index contributed by atoms with van der Waals surface area (Å²) in [7, 11) is -3.37. The number of nitrogens with zero attached hydrogens (tertiary/aromatic N) is 2. The highest BCUT2D eigenvalue weighted by atomic mass is 31.2. The maximum Gasteiger partial charge on any atom is 0.379 e. The first-order chi connectivity index (χ1) is 10.1. The lowest BCUT2D eigenvalue weighted by molar-refractivity contribution is 0.229. The van der Waals surface area contributed by atoms with Gasteiger partial charge in [0.1, 0.15) is 0 Å². The highest BCUT2D eigenvalue weighted by Crippen LogP contribution is 2.46. The molecule has 0 saturated heterocycles. The van der Waals surface area contributed by atoms with Crippen molar-refractivity contribution in [3.8, 4) is 11.4 Å². The Labute approximate surface area is 124 Å². The maximum absolute atomic E-state index is 12.7. The van der Waals surface area contributed by atoms with Gasteiger partial charge in [0.15, 0.2) is 5.44 Å². The predicted molar refractivity (Wildman–Crippen MR) is 82.7 cm³/mol. The van der Waals surface area contributed by atoms with Gasteiger partial charge in [-0.25, -0.2) is 4.98 Å². The Morgan fingerprint density at radius 1 is 1.05 bits per heavy atom. The van der Waals surface area contributed by atoms with Crippen molar-refractivity contribution in [3.05, 3.63) is 42.1 Å². The van der Waals surface area contributed by atoms with Gasteiger partial charge in [0.2, 0.25) is 0 Å². The minimum Gasteiger partial charge on any atom is -0.304 e. The highest BCUT2D eigenvalue weighted by Gasteiger charge is 2.28. The van der Waals surface area contributed by atoms with Crippen LogP contribution in [0.1, 0.15) is 19.4 Å². The van der Waals surface area contributed by atoms with Crippen molar-refractivity contribution < 1.29 is 13.6 Å². The molecule has 0 aliphatic rings. The van der Waals surface area contributed by atoms with Gasteiger partial charge in [-0.3, -0.25) is 9.55 Å². The molecule has 2 rings (SSSR count). The molecule has 0 radical (unpaired) electrons. The van der Waals surface area contributed by atoms with Gasteiger partial charge in [0.25, 0.3) is 0 Å². The SMILES string of the molecule is CCOP(=O)(OCC)c1cccc(-c2ccc(C)cn2)n1. The Balaban J connectivity index is 2.40. The van der Waals surface area contributed by atoms with Gasteiger partial charge in [-0.15, -0.1) is 0 Å². The molecule has 6 heteroatoms. The maximum atomic E-state index is 12.7. The van der Waals surface area contributed by atoms with Gasteiger partial charge in [0, 0.05) is 6.20 Å². The van der Waals surface area contributed by atoms with E-state index in [9.17, 15) is 4.57 Å². The molecule has 0 aromatic carbocycles. The lowest BCUT2D eigenvalue weighted by Gasteiger charge is -2.16. The topological polar surface area (TPSA) is 61.3 Å². The van der Waals surface area contributed by atoms with Crippen LogP contribution in [0.25, 0.3) is 11.4 Å². The molecule has 0 aliphatic heterocycles. The molecule has 0 unspecified atom stereocenters. The summed E-state index contributed by atoms with van der Waals surface area (Å²) < 4.78 is 23.4. The molecule has 0 bridgehead atoms. The second-order valence-electron chi connectivity index (χ2n) is 4.43. The molecule has 2 aromatic heterocycles. The summed E-state index contributed by atoms with van der Waals surface area (Å²) in [6.45, 7) is 6.12. The van der Waals surface area contributed by atoms with Crippen LogP contribution in [0.5, 0.6) is 0 Å². The lowest BCUT2D eigenvalue weighted by atomic mass is 10.2. The van der Waals surface area contributed by atoms with Crippen molar-refractivity contribution in [2.75, 3.05) is 13.2 Å². The van der Waals surface area contributed by atoms with Crippen molar-refractivity contribution >= 4 is 13.0 Å². The van der Waals surface area contributed by atoms with E-state index in [0.29, 0.717) is 24.3 Å². The largest absolute Gasteiger partial charge is 0.379 e. The summed E-state index contributed by atoms with van der Waals surface area (Å²) in [5.41, 5.74) is 2.75. The van der Waals surface area contributed by atoms with Crippen LogP contribution in [0.15, 0.2) is 36.5 Å². The second kappa shape index (κ2) is 6.94. The number of hydrogen-bond acceptors (Lipinski definition) is 5. The van der Waals surface area contributed by atoms with Crippen LogP contribution >= 0.6 is 7.60 Å². The molecule has 112 valence electrons. The number of aromatic nitrogens is 2. The number of aryl methyl sites for hydroxylation is 1. The van der Waals surface area contributed by atoms with Crippen LogP contribution in [-0.2, 0) is 13.6 Å². The Kier molecular flexibility index (Phi) is 5.23. The van der Waals surface area contributed by atoms with E-state index >= 15 is 0 Å². The highest BCUT2D eigenvalue weighted by molar-refractivity contribution is 7.61. The molecule has 0 atom stereocenters. The first kappa shape index (κ1) is 15.8. The van der Waals surface area contributed by atoms with Crippen molar-refractivity contribution in [3.63, 3.8) is 0 Å². The molecule has 0 spiro atoms. The molecule has 0 fully saturated rings. The molecule has 21 heavy (non-hydrogen) atoms. The van der Waals surface area contributed by atoms with E-state index in [1.807, 2.05) is 25.1 Å². The van der Waals surface area contributed by atoms with E-state index in [2.05, 4.69) is 9.97 Å². The minimum atomic E-state index is -3.37. The monoisotopic (exact) mass is 306 g/mol. The molecule has 0 amide bonds. The fourth-order valence-electron chi connectivity index (χ4n) is 1.85. The Hall–Kier alpha value is -1.55. The average Bonchev–Trinajstić information content (AvgIpc) is 2.49. The zero-order valence-corrected chi connectivity index (χ0v) is 13.3. The molecular weight excluding hydrogens is 287 g/mol. The Morgan fingerprint density at radius 3 is 2.33 bits per heavy atom. The zero-order chi connectivity index (χ0) is 15.3. The minimum absolute atomic E-state index is 0.298. The molecule has 2 heterocycles. The number of hydrogen-bond donors (Lipinski definition) is 0. The summed E-state index contributed by atoms with van der Waals surface area (Å²) in [4.78, 5) is 8.74. The number of rotatable bonds is 6. The van der Waals surface area contributed by atoms with Gasteiger partial charge in [-0.05, 0) is 44.5 Å². The third-order valence-electron chi connectivity index (χ3n) is 2.79. The smallest absolute Gasteiger partial charge is 0.304 e. The molecule has 5 nitrogen and oxygen atoms in total. The van der Waals surface area contributed by atoms with E-state index in [-0.39, 0.29) is 0 Å². The van der Waals surface area contributed by atoms with Crippen molar-refractivity contribution in [1.82, 2.24) is 9.97 Å². The summed E-state index contributed by atoms with van der Waals surface area (Å²) in [6.07, 6.45) is 1.77. The van der Waals surface area contributed by atoms with Gasteiger partial charge in [-0.1, -0.05) is 12.1 Å². The molecule has 0 N–H and O–H groups in total. The summed E-state index contributed by atoms with van der Waals surface area (Å²) in [6, 6.07) is 9.10. The van der Waals surface area contributed by atoms with Gasteiger partial charge in [0.05, 0.1) is 24.6 Å². The average molecular weight is 306 g/mol. The normalized spacial score (nSPS) is 11.6. The third-order valence-corrected chi connectivity index (χ3v) is 4.79. The van der Waals surface area contributed by atoms with E-state index < -0.39 is 7.60 Å². The van der Waals surface area contributed by atoms with Crippen LogP contribution in [0.2, 0.25) is 0 Å². The third kappa shape index (κ3) is 3.76. The zero-order valence-electron chi connectivity index (χ0n) is 12.4. The summed E-state index contributed by atoms with van der Waals surface area (Å²) >= 11 is 0. The molecule has 2 aromatic rings. The van der Waals surface area contributed by atoms with Gasteiger partial charge < -0.3 is 9.05 Å². The van der Waals surface area contributed by atoms with Crippen LogP contribution in [0, 0.1) is 6.92 Å². The van der Waals surface area contributed by atoms with Crippen molar-refractivity contribution in [2.45, 2.75) is 20.8 Å². The Morgan fingerprint density at radius 2 is 1.76 bits per heavy atom. The lowest BCUT2D eigenvalue weighted by Crippen LogP contribution is -2.15. The summed E-state index contributed by atoms with van der Waals surface area (Å²) in [5.74, 6) is 0. The van der Waals surface area contributed by atoms with Crippen LogP contribution < -0.4 is 5.44 Å². The fraction of sp³-hybridized carbons (Fsp3) is 0.333. The van der Waals surface area contributed by atoms with E-state index in [1.54, 1.807) is 32.2 Å². The quantitative estimate of drug-likeness (QED) is 0.766. The standard InChI is InChI=1S/C15H19N2O3P/c1-4-19-21(18,20-5-2)15-8-6-7-14(17-15)13-10-9-12(3)11-16-13/h6-11H,4-5H2,1-3H3. The van der Waals surface area contributed by atoms with E-state index in [4.69, 9.17) is 9.05 Å². The van der Waals surface area contributed by atoms with Gasteiger partial charge in [-0.2, -0.15) is 0 Å². The van der Waals surface area contributed by atoms with Crippen LogP contribution in [-0.4, -0.2) is 23.2 Å². The van der Waals surface area contributed by atoms with E-state index in [0.717, 1.165) is 11.3 Å². The first-order valence-electron chi connectivity index (χ1n) is 6.89. The fourth-order valence-corrected chi connectivity index (χ4v) is 3.36. The summed E-state index contributed by atoms with van der Waals surface area (Å²) in [5, 5.41) is 0. The van der Waals surface area contributed by atoms with Crippen LogP contribution in [0.4, 0.5) is 0 Å².